The van der Waals surface area contributed by atoms with E-state index in [1.807, 2.05) is 60.7 Å². The number of likely N-dealkylation sites (N-methyl/N-ethyl adjacent to an activating group) is 1. The number of anilines is 1. The first-order valence-electron chi connectivity index (χ1n) is 10.9. The zero-order valence-electron chi connectivity index (χ0n) is 18.7. The van der Waals surface area contributed by atoms with Crippen molar-refractivity contribution in [1.82, 2.24) is 15.1 Å². The normalized spacial score (nSPS) is 17.7. The summed E-state index contributed by atoms with van der Waals surface area (Å²) in [6.45, 7) is -0.0662. The Morgan fingerprint density at radius 1 is 0.971 bits per heavy atom. The highest BCUT2D eigenvalue weighted by Gasteiger charge is 2.52. The van der Waals surface area contributed by atoms with Crippen LogP contribution in [0, 0.1) is 0 Å². The third kappa shape index (κ3) is 4.95. The van der Waals surface area contributed by atoms with Crippen LogP contribution >= 0.6 is 11.6 Å². The molecule has 3 aromatic carbocycles. The number of carbonyl (C=O) groups is 3. The number of imide groups is 1. The Morgan fingerprint density at radius 3 is 2.26 bits per heavy atom. The Hall–Kier alpha value is -3.68. The van der Waals surface area contributed by atoms with Crippen LogP contribution in [0.3, 0.4) is 0 Å². The average Bonchev–Trinajstić information content (AvgIpc) is 3.06. The SMILES string of the molecule is CN(CC(=O)Nc1ccccc1Cl)CN1C(=O)NC(Cc2ccccc2)(c2ccccc2)C1=O. The molecule has 2 N–H and O–H groups in total. The maximum absolute atomic E-state index is 13.7. The maximum atomic E-state index is 13.7. The van der Waals surface area contributed by atoms with E-state index in [0.717, 1.165) is 10.5 Å². The number of rotatable bonds is 8. The fraction of sp³-hybridized carbons (Fsp3) is 0.192. The maximum Gasteiger partial charge on any atom is 0.326 e. The van der Waals surface area contributed by atoms with E-state index >= 15 is 0 Å². The summed E-state index contributed by atoms with van der Waals surface area (Å²) in [7, 11) is 1.67. The minimum Gasteiger partial charge on any atom is -0.324 e. The lowest BCUT2D eigenvalue weighted by molar-refractivity contribution is -0.133. The van der Waals surface area contributed by atoms with Crippen LogP contribution in [-0.2, 0) is 21.5 Å². The van der Waals surface area contributed by atoms with E-state index < -0.39 is 11.6 Å². The monoisotopic (exact) mass is 476 g/mol. The molecule has 34 heavy (non-hydrogen) atoms. The van der Waals surface area contributed by atoms with Gasteiger partial charge in [-0.1, -0.05) is 84.4 Å². The molecule has 0 bridgehead atoms. The minimum atomic E-state index is -1.22. The second kappa shape index (κ2) is 10.1. The van der Waals surface area contributed by atoms with Crippen LogP contribution in [0.25, 0.3) is 0 Å². The minimum absolute atomic E-state index is 0.0285. The molecule has 1 aliphatic heterocycles. The summed E-state index contributed by atoms with van der Waals surface area (Å²) in [6.07, 6.45) is 0.315. The summed E-state index contributed by atoms with van der Waals surface area (Å²) >= 11 is 6.10. The van der Waals surface area contributed by atoms with Crippen molar-refractivity contribution in [2.45, 2.75) is 12.0 Å². The van der Waals surface area contributed by atoms with Crippen LogP contribution in [0.15, 0.2) is 84.9 Å². The molecule has 1 fully saturated rings. The van der Waals surface area contributed by atoms with Gasteiger partial charge in [0.15, 0.2) is 5.54 Å². The molecule has 0 aromatic heterocycles. The smallest absolute Gasteiger partial charge is 0.324 e. The molecule has 8 heteroatoms. The van der Waals surface area contributed by atoms with E-state index in [4.69, 9.17) is 11.6 Å². The van der Waals surface area contributed by atoms with Gasteiger partial charge in [-0.25, -0.2) is 9.69 Å². The summed E-state index contributed by atoms with van der Waals surface area (Å²) < 4.78 is 0. The van der Waals surface area contributed by atoms with Gasteiger partial charge in [-0.2, -0.15) is 0 Å². The lowest BCUT2D eigenvalue weighted by Crippen LogP contribution is -2.47. The van der Waals surface area contributed by atoms with Crippen molar-refractivity contribution in [1.29, 1.82) is 0 Å². The van der Waals surface area contributed by atoms with Gasteiger partial charge >= 0.3 is 6.03 Å². The van der Waals surface area contributed by atoms with Crippen LogP contribution < -0.4 is 10.6 Å². The number of amides is 4. The molecule has 1 heterocycles. The summed E-state index contributed by atoms with van der Waals surface area (Å²) in [5.41, 5.74) is 0.914. The second-order valence-electron chi connectivity index (χ2n) is 8.28. The lowest BCUT2D eigenvalue weighted by Gasteiger charge is -2.28. The molecule has 174 valence electrons. The molecular weight excluding hydrogens is 452 g/mol. The first-order valence-corrected chi connectivity index (χ1v) is 11.2. The highest BCUT2D eigenvalue weighted by atomic mass is 35.5. The Morgan fingerprint density at radius 2 is 1.59 bits per heavy atom. The number of para-hydroxylation sites is 1. The van der Waals surface area contributed by atoms with Crippen molar-refractivity contribution >= 4 is 35.1 Å². The highest BCUT2D eigenvalue weighted by molar-refractivity contribution is 6.33. The molecule has 0 aliphatic carbocycles. The predicted octanol–water partition coefficient (Wildman–Crippen LogP) is 3.86. The van der Waals surface area contributed by atoms with Gasteiger partial charge in [-0.3, -0.25) is 14.5 Å². The zero-order valence-corrected chi connectivity index (χ0v) is 19.5. The molecule has 4 amide bonds. The lowest BCUT2D eigenvalue weighted by atomic mass is 9.83. The first kappa shape index (κ1) is 23.5. The number of halogens is 1. The summed E-state index contributed by atoms with van der Waals surface area (Å²) in [6, 6.07) is 25.2. The quantitative estimate of drug-likeness (QED) is 0.484. The van der Waals surface area contributed by atoms with Crippen molar-refractivity contribution in [3.8, 4) is 0 Å². The van der Waals surface area contributed by atoms with Gasteiger partial charge in [0.2, 0.25) is 5.91 Å². The molecular formula is C26H25ClN4O3. The number of benzene rings is 3. The van der Waals surface area contributed by atoms with Gasteiger partial charge in [0.1, 0.15) is 0 Å². The number of carbonyl (C=O) groups excluding carboxylic acids is 3. The second-order valence-corrected chi connectivity index (χ2v) is 8.69. The molecule has 0 radical (unpaired) electrons. The summed E-state index contributed by atoms with van der Waals surface area (Å²) in [5, 5.41) is 6.11. The average molecular weight is 477 g/mol. The number of nitrogens with one attached hydrogen (secondary N) is 2. The van der Waals surface area contributed by atoms with Gasteiger partial charge in [-0.05, 0) is 30.3 Å². The van der Waals surface area contributed by atoms with Crippen molar-refractivity contribution < 1.29 is 14.4 Å². The molecule has 7 nitrogen and oxygen atoms in total. The zero-order chi connectivity index (χ0) is 24.1. The fourth-order valence-electron chi connectivity index (χ4n) is 4.09. The molecule has 4 rings (SSSR count). The standard InChI is InChI=1S/C26H25ClN4O3/c1-30(17-23(32)28-22-15-9-8-14-21(22)27)18-31-24(33)26(29-25(31)34,20-12-6-3-7-13-20)16-19-10-4-2-5-11-19/h2-15H,16-18H2,1H3,(H,28,32)(H,29,34). The van der Waals surface area contributed by atoms with Gasteiger partial charge in [0, 0.05) is 6.42 Å². The third-order valence-electron chi connectivity index (χ3n) is 5.70. The third-order valence-corrected chi connectivity index (χ3v) is 6.03. The summed E-state index contributed by atoms with van der Waals surface area (Å²) in [5.74, 6) is -0.660. The van der Waals surface area contributed by atoms with Crippen LogP contribution in [-0.4, -0.2) is 47.9 Å². The van der Waals surface area contributed by atoms with E-state index in [-0.39, 0.29) is 25.0 Å². The van der Waals surface area contributed by atoms with Crippen molar-refractivity contribution in [2.24, 2.45) is 0 Å². The van der Waals surface area contributed by atoms with Gasteiger partial charge in [0.05, 0.1) is 23.9 Å². The van der Waals surface area contributed by atoms with Crippen molar-refractivity contribution in [3.63, 3.8) is 0 Å². The molecule has 0 spiro atoms. The largest absolute Gasteiger partial charge is 0.326 e. The van der Waals surface area contributed by atoms with E-state index in [2.05, 4.69) is 10.6 Å². The Bertz CT molecular complexity index is 1190. The molecule has 1 aliphatic rings. The molecule has 0 saturated carbocycles. The van der Waals surface area contributed by atoms with E-state index in [1.165, 1.54) is 0 Å². The van der Waals surface area contributed by atoms with Gasteiger partial charge in [0.25, 0.3) is 5.91 Å². The van der Waals surface area contributed by atoms with Crippen molar-refractivity contribution in [3.05, 3.63) is 101 Å². The Balaban J connectivity index is 1.50. The molecule has 1 atom stereocenters. The molecule has 1 saturated heterocycles. The van der Waals surface area contributed by atoms with Crippen LogP contribution in [0.4, 0.5) is 10.5 Å². The summed E-state index contributed by atoms with van der Waals surface area (Å²) in [4.78, 5) is 41.9. The number of hydrogen-bond donors (Lipinski definition) is 2. The highest BCUT2D eigenvalue weighted by Crippen LogP contribution is 2.33. The van der Waals surface area contributed by atoms with E-state index in [1.54, 1.807) is 36.2 Å². The number of hydrogen-bond acceptors (Lipinski definition) is 4. The van der Waals surface area contributed by atoms with Crippen LogP contribution in [0.1, 0.15) is 11.1 Å². The van der Waals surface area contributed by atoms with E-state index in [0.29, 0.717) is 22.7 Å². The predicted molar refractivity (Wildman–Crippen MR) is 131 cm³/mol. The molecule has 3 aromatic rings. The molecule has 1 unspecified atom stereocenters. The Kier molecular flexibility index (Phi) is 6.95. The van der Waals surface area contributed by atoms with Crippen LogP contribution in [0.2, 0.25) is 5.02 Å². The van der Waals surface area contributed by atoms with Crippen LogP contribution in [0.5, 0.6) is 0 Å². The number of urea groups is 1. The fourth-order valence-corrected chi connectivity index (χ4v) is 4.27. The van der Waals surface area contributed by atoms with E-state index in [9.17, 15) is 14.4 Å². The van der Waals surface area contributed by atoms with Gasteiger partial charge in [-0.15, -0.1) is 0 Å². The Labute approximate surface area is 203 Å². The topological polar surface area (TPSA) is 81.8 Å². The number of nitrogens with zero attached hydrogens (tertiary/aromatic N) is 2. The van der Waals surface area contributed by atoms with Gasteiger partial charge < -0.3 is 10.6 Å². The first-order chi connectivity index (χ1) is 16.4. The van der Waals surface area contributed by atoms with Crippen molar-refractivity contribution in [2.75, 3.05) is 25.6 Å².